The quantitative estimate of drug-likeness (QED) is 0.606. The number of ether oxygens (including phenoxy) is 1. The maximum Gasteiger partial charge on any atom is 0.211 e. The summed E-state index contributed by atoms with van der Waals surface area (Å²) in [5, 5.41) is 13.5. The van der Waals surface area contributed by atoms with E-state index < -0.39 is 0 Å². The Morgan fingerprint density at radius 1 is 1.30 bits per heavy atom. The first-order chi connectivity index (χ1) is 9.80. The zero-order valence-electron chi connectivity index (χ0n) is 11.9. The van der Waals surface area contributed by atoms with Crippen LogP contribution in [0.15, 0.2) is 34.5 Å². The van der Waals surface area contributed by atoms with Crippen LogP contribution in [-0.4, -0.2) is 34.0 Å². The molecule has 0 amide bonds. The van der Waals surface area contributed by atoms with Gasteiger partial charge in [-0.05, 0) is 25.3 Å². The summed E-state index contributed by atoms with van der Waals surface area (Å²) < 4.78 is 7.35. The van der Waals surface area contributed by atoms with Gasteiger partial charge in [-0.25, -0.2) is 0 Å². The first-order valence-corrected chi connectivity index (χ1v) is 7.77. The molecule has 0 N–H and O–H groups in total. The van der Waals surface area contributed by atoms with Crippen LogP contribution < -0.4 is 4.74 Å². The lowest BCUT2D eigenvalue weighted by molar-refractivity contribution is 0.340. The number of aromatic nitrogens is 3. The van der Waals surface area contributed by atoms with Gasteiger partial charge in [-0.3, -0.25) is 0 Å². The molecular weight excluding hydrogens is 272 g/mol. The standard InChI is InChI=1S/C14H18N4OS/c1-4-13-16-17-14(20-3)18(13)15-10-11-8-6-7-9-12(11)19-5-2/h6-10H,4-5H2,1-3H3/b15-10-. The van der Waals surface area contributed by atoms with Crippen molar-refractivity contribution in [3.05, 3.63) is 35.7 Å². The fourth-order valence-electron chi connectivity index (χ4n) is 1.75. The van der Waals surface area contributed by atoms with Gasteiger partial charge in [0.1, 0.15) is 5.75 Å². The smallest absolute Gasteiger partial charge is 0.211 e. The SMILES string of the molecule is CCOc1ccccc1/C=N\n1c(CC)nnc1SC. The Balaban J connectivity index is 2.32. The van der Waals surface area contributed by atoms with Crippen molar-refractivity contribution in [1.29, 1.82) is 0 Å². The van der Waals surface area contributed by atoms with Gasteiger partial charge in [-0.1, -0.05) is 30.8 Å². The highest BCUT2D eigenvalue weighted by Gasteiger charge is 2.08. The van der Waals surface area contributed by atoms with Crippen LogP contribution in [0.3, 0.4) is 0 Å². The van der Waals surface area contributed by atoms with E-state index in [9.17, 15) is 0 Å². The van der Waals surface area contributed by atoms with E-state index in [1.807, 2.05) is 44.4 Å². The zero-order valence-corrected chi connectivity index (χ0v) is 12.7. The van der Waals surface area contributed by atoms with Crippen LogP contribution in [0.5, 0.6) is 5.75 Å². The van der Waals surface area contributed by atoms with Crippen molar-refractivity contribution in [2.24, 2.45) is 5.10 Å². The van der Waals surface area contributed by atoms with Gasteiger partial charge in [-0.2, -0.15) is 9.78 Å². The minimum atomic E-state index is 0.633. The van der Waals surface area contributed by atoms with Crippen molar-refractivity contribution in [2.75, 3.05) is 12.9 Å². The predicted octanol–water partition coefficient (Wildman–Crippen LogP) is 2.84. The molecule has 0 aliphatic rings. The molecule has 2 aromatic rings. The van der Waals surface area contributed by atoms with Gasteiger partial charge in [0.15, 0.2) is 5.82 Å². The largest absolute Gasteiger partial charge is 0.493 e. The van der Waals surface area contributed by atoms with Gasteiger partial charge in [0.25, 0.3) is 0 Å². The van der Waals surface area contributed by atoms with Gasteiger partial charge in [0.2, 0.25) is 5.16 Å². The molecule has 0 atom stereocenters. The minimum Gasteiger partial charge on any atom is -0.493 e. The number of rotatable bonds is 6. The van der Waals surface area contributed by atoms with Crippen LogP contribution >= 0.6 is 11.8 Å². The van der Waals surface area contributed by atoms with E-state index in [-0.39, 0.29) is 0 Å². The second-order valence-corrected chi connectivity index (χ2v) is 4.76. The lowest BCUT2D eigenvalue weighted by Crippen LogP contribution is -2.00. The van der Waals surface area contributed by atoms with E-state index in [0.717, 1.165) is 28.7 Å². The molecule has 5 nitrogen and oxygen atoms in total. The number of hydrogen-bond acceptors (Lipinski definition) is 5. The molecule has 0 unspecified atom stereocenters. The molecule has 0 fully saturated rings. The lowest BCUT2D eigenvalue weighted by Gasteiger charge is -2.06. The van der Waals surface area contributed by atoms with Crippen molar-refractivity contribution in [3.63, 3.8) is 0 Å². The molecule has 0 radical (unpaired) electrons. The van der Waals surface area contributed by atoms with E-state index in [2.05, 4.69) is 15.3 Å². The maximum atomic E-state index is 5.58. The van der Waals surface area contributed by atoms with Gasteiger partial charge in [0, 0.05) is 12.0 Å². The summed E-state index contributed by atoms with van der Waals surface area (Å²) in [5.41, 5.74) is 0.942. The molecule has 1 aromatic heterocycles. The second-order valence-electron chi connectivity index (χ2n) is 3.98. The third-order valence-electron chi connectivity index (χ3n) is 2.71. The Morgan fingerprint density at radius 3 is 2.80 bits per heavy atom. The van der Waals surface area contributed by atoms with Gasteiger partial charge < -0.3 is 4.74 Å². The first-order valence-electron chi connectivity index (χ1n) is 6.54. The minimum absolute atomic E-state index is 0.633. The molecule has 6 heteroatoms. The highest BCUT2D eigenvalue weighted by atomic mass is 32.2. The van der Waals surface area contributed by atoms with E-state index >= 15 is 0 Å². The predicted molar refractivity (Wildman–Crippen MR) is 81.8 cm³/mol. The second kappa shape index (κ2) is 7.09. The van der Waals surface area contributed by atoms with E-state index in [4.69, 9.17) is 4.74 Å². The summed E-state index contributed by atoms with van der Waals surface area (Å²) in [5.74, 6) is 1.68. The summed E-state index contributed by atoms with van der Waals surface area (Å²) in [7, 11) is 0. The van der Waals surface area contributed by atoms with Crippen LogP contribution in [0.2, 0.25) is 0 Å². The Kier molecular flexibility index (Phi) is 5.17. The molecule has 0 saturated heterocycles. The van der Waals surface area contributed by atoms with Crippen LogP contribution in [0.4, 0.5) is 0 Å². The molecular formula is C14H18N4OS. The molecule has 0 saturated carbocycles. The van der Waals surface area contributed by atoms with Crippen molar-refractivity contribution < 1.29 is 4.74 Å². The van der Waals surface area contributed by atoms with E-state index in [0.29, 0.717) is 6.61 Å². The topological polar surface area (TPSA) is 52.3 Å². The normalized spacial score (nSPS) is 11.2. The van der Waals surface area contributed by atoms with Crippen LogP contribution in [0.1, 0.15) is 25.2 Å². The van der Waals surface area contributed by atoms with Crippen LogP contribution in [-0.2, 0) is 6.42 Å². The fourth-order valence-corrected chi connectivity index (χ4v) is 2.20. The summed E-state index contributed by atoms with van der Waals surface area (Å²) in [6, 6.07) is 7.83. The van der Waals surface area contributed by atoms with Crippen molar-refractivity contribution in [1.82, 2.24) is 14.9 Å². The third-order valence-corrected chi connectivity index (χ3v) is 3.33. The lowest BCUT2D eigenvalue weighted by atomic mass is 10.2. The van der Waals surface area contributed by atoms with Gasteiger partial charge >= 0.3 is 0 Å². The Morgan fingerprint density at radius 2 is 2.10 bits per heavy atom. The average molecular weight is 290 g/mol. The monoisotopic (exact) mass is 290 g/mol. The summed E-state index contributed by atoms with van der Waals surface area (Å²) >= 11 is 1.53. The van der Waals surface area contributed by atoms with Gasteiger partial charge in [-0.15, -0.1) is 10.2 Å². The molecule has 0 aliphatic carbocycles. The Bertz CT molecular complexity index is 573. The van der Waals surface area contributed by atoms with E-state index in [1.165, 1.54) is 11.8 Å². The van der Waals surface area contributed by atoms with Crippen molar-refractivity contribution in [2.45, 2.75) is 25.4 Å². The summed E-state index contributed by atoms with van der Waals surface area (Å²) in [6.45, 7) is 4.64. The number of para-hydroxylation sites is 1. The molecule has 20 heavy (non-hydrogen) atoms. The van der Waals surface area contributed by atoms with E-state index in [1.54, 1.807) is 10.9 Å². The molecule has 1 heterocycles. The number of aryl methyl sites for hydroxylation is 1. The average Bonchev–Trinajstić information content (AvgIpc) is 2.88. The number of nitrogens with zero attached hydrogens (tertiary/aromatic N) is 4. The molecule has 2 rings (SSSR count). The van der Waals surface area contributed by atoms with Crippen LogP contribution in [0, 0.1) is 0 Å². The third kappa shape index (κ3) is 3.19. The van der Waals surface area contributed by atoms with Gasteiger partial charge in [0.05, 0.1) is 12.8 Å². The number of hydrogen-bond donors (Lipinski definition) is 0. The molecule has 106 valence electrons. The maximum absolute atomic E-state index is 5.58. The number of benzene rings is 1. The molecule has 0 bridgehead atoms. The zero-order chi connectivity index (χ0) is 14.4. The summed E-state index contributed by atoms with van der Waals surface area (Å²) in [6.07, 6.45) is 4.54. The molecule has 1 aromatic carbocycles. The number of thioether (sulfide) groups is 1. The molecule has 0 aliphatic heterocycles. The van der Waals surface area contributed by atoms with Crippen molar-refractivity contribution >= 4 is 18.0 Å². The first kappa shape index (κ1) is 14.6. The Hall–Kier alpha value is -1.82. The van der Waals surface area contributed by atoms with Crippen molar-refractivity contribution in [3.8, 4) is 5.75 Å². The highest BCUT2D eigenvalue weighted by Crippen LogP contribution is 2.17. The van der Waals surface area contributed by atoms with Crippen LogP contribution in [0.25, 0.3) is 0 Å². The molecule has 0 spiro atoms. The summed E-state index contributed by atoms with van der Waals surface area (Å²) in [4.78, 5) is 0. The fraction of sp³-hybridized carbons (Fsp3) is 0.357. The highest BCUT2D eigenvalue weighted by molar-refractivity contribution is 7.98. The Labute approximate surface area is 123 Å².